The number of fused-ring (bicyclic) bond motifs is 1. The lowest BCUT2D eigenvalue weighted by Gasteiger charge is -2.25. The van der Waals surface area contributed by atoms with Crippen molar-refractivity contribution >= 4 is 35.1 Å². The lowest BCUT2D eigenvalue weighted by molar-refractivity contribution is -0.134. The van der Waals surface area contributed by atoms with Crippen LogP contribution in [-0.4, -0.2) is 33.3 Å². The summed E-state index contributed by atoms with van der Waals surface area (Å²) in [6.45, 7) is 4.17. The first-order chi connectivity index (χ1) is 12.3. The third kappa shape index (κ3) is 5.11. The fourth-order valence-corrected chi connectivity index (χ4v) is 2.96. The molecule has 1 unspecified atom stereocenters. The second-order valence-electron chi connectivity index (χ2n) is 5.61. The summed E-state index contributed by atoms with van der Waals surface area (Å²) in [7, 11) is 0. The lowest BCUT2D eigenvalue weighted by atomic mass is 10.1. The predicted molar refractivity (Wildman–Crippen MR) is 101 cm³/mol. The van der Waals surface area contributed by atoms with E-state index < -0.39 is 11.9 Å². The van der Waals surface area contributed by atoms with Crippen LogP contribution in [0.15, 0.2) is 42.5 Å². The number of benzene rings is 1. The molecule has 0 amide bonds. The molecule has 6 nitrogen and oxygen atoms in total. The highest BCUT2D eigenvalue weighted by atomic mass is 35.5. The van der Waals surface area contributed by atoms with Crippen molar-refractivity contribution in [1.29, 1.82) is 0 Å². The van der Waals surface area contributed by atoms with Crippen molar-refractivity contribution in [1.82, 2.24) is 9.88 Å². The van der Waals surface area contributed by atoms with E-state index in [-0.39, 0.29) is 0 Å². The molecule has 0 saturated heterocycles. The van der Waals surface area contributed by atoms with Gasteiger partial charge >= 0.3 is 11.9 Å². The molecule has 8 heteroatoms. The Bertz CT molecular complexity index is 830. The molecule has 0 fully saturated rings. The minimum absolute atomic E-state index is 0.398. The first-order valence-corrected chi connectivity index (χ1v) is 8.57. The Morgan fingerprint density at radius 1 is 1.12 bits per heavy atom. The largest absolute Gasteiger partial charge is 0.478 e. The molecule has 3 rings (SSSR count). The standard InChI is InChI=1S/C14H14Cl2N2.C4H4O4/c1-9-13-4-5-14(18(13)7-6-17-9)10-2-3-11(15)12(16)8-10;5-3(6)1-2-4(7)8/h2-5,8-9,17H,6-7H2,1H3;1-2H,(H,5,6)(H,7,8). The molecule has 1 aromatic carbocycles. The molecule has 1 atom stereocenters. The smallest absolute Gasteiger partial charge is 0.328 e. The van der Waals surface area contributed by atoms with Crippen molar-refractivity contribution in [3.63, 3.8) is 0 Å². The quantitative estimate of drug-likeness (QED) is 0.685. The van der Waals surface area contributed by atoms with Crippen molar-refractivity contribution in [3.05, 3.63) is 58.2 Å². The van der Waals surface area contributed by atoms with E-state index in [9.17, 15) is 9.59 Å². The van der Waals surface area contributed by atoms with Crippen LogP contribution in [0.5, 0.6) is 0 Å². The number of nitrogens with zero attached hydrogens (tertiary/aromatic N) is 1. The Balaban J connectivity index is 0.000000260. The van der Waals surface area contributed by atoms with Gasteiger partial charge in [0.25, 0.3) is 0 Å². The van der Waals surface area contributed by atoms with E-state index in [4.69, 9.17) is 33.4 Å². The maximum Gasteiger partial charge on any atom is 0.328 e. The van der Waals surface area contributed by atoms with Crippen LogP contribution in [0.3, 0.4) is 0 Å². The van der Waals surface area contributed by atoms with E-state index in [0.29, 0.717) is 28.2 Å². The van der Waals surface area contributed by atoms with Crippen LogP contribution in [0.1, 0.15) is 18.7 Å². The molecule has 2 aromatic rings. The summed E-state index contributed by atoms with van der Waals surface area (Å²) in [4.78, 5) is 19.1. The summed E-state index contributed by atoms with van der Waals surface area (Å²) in [5.74, 6) is -2.51. The van der Waals surface area contributed by atoms with E-state index in [0.717, 1.165) is 18.7 Å². The van der Waals surface area contributed by atoms with E-state index >= 15 is 0 Å². The summed E-state index contributed by atoms with van der Waals surface area (Å²) in [5.41, 5.74) is 3.64. The molecular formula is C18H18Cl2N2O4. The Kier molecular flexibility index (Phi) is 6.85. The van der Waals surface area contributed by atoms with Gasteiger partial charge in [-0.05, 0) is 36.8 Å². The van der Waals surface area contributed by atoms with E-state index in [1.807, 2.05) is 18.2 Å². The molecule has 1 aliphatic heterocycles. The minimum atomic E-state index is -1.26. The van der Waals surface area contributed by atoms with Crippen molar-refractivity contribution in [2.24, 2.45) is 0 Å². The van der Waals surface area contributed by atoms with Crippen LogP contribution in [0.4, 0.5) is 0 Å². The summed E-state index contributed by atoms with van der Waals surface area (Å²) in [6.07, 6.45) is 1.12. The number of halogens is 2. The predicted octanol–water partition coefficient (Wildman–Crippen LogP) is 3.84. The third-order valence-electron chi connectivity index (χ3n) is 3.83. The number of hydrogen-bond donors (Lipinski definition) is 3. The van der Waals surface area contributed by atoms with E-state index in [1.54, 1.807) is 0 Å². The Morgan fingerprint density at radius 2 is 1.77 bits per heavy atom. The highest BCUT2D eigenvalue weighted by Gasteiger charge is 2.18. The second kappa shape index (κ2) is 8.89. The molecule has 0 aliphatic carbocycles. The highest BCUT2D eigenvalue weighted by Crippen LogP contribution is 2.31. The van der Waals surface area contributed by atoms with E-state index in [1.165, 1.54) is 11.4 Å². The topological polar surface area (TPSA) is 91.6 Å². The Hall–Kier alpha value is -2.28. The molecular weight excluding hydrogens is 379 g/mol. The Labute approximate surface area is 160 Å². The van der Waals surface area contributed by atoms with Crippen molar-refractivity contribution in [3.8, 4) is 11.3 Å². The number of carbonyl (C=O) groups is 2. The van der Waals surface area contributed by atoms with Crippen LogP contribution in [-0.2, 0) is 16.1 Å². The zero-order valence-electron chi connectivity index (χ0n) is 13.9. The van der Waals surface area contributed by atoms with Gasteiger partial charge < -0.3 is 20.1 Å². The maximum atomic E-state index is 9.55. The molecule has 0 radical (unpaired) electrons. The Morgan fingerprint density at radius 3 is 2.35 bits per heavy atom. The van der Waals surface area contributed by atoms with Crippen molar-refractivity contribution in [2.75, 3.05) is 6.54 Å². The lowest BCUT2D eigenvalue weighted by Crippen LogP contribution is -2.31. The minimum Gasteiger partial charge on any atom is -0.478 e. The molecule has 138 valence electrons. The van der Waals surface area contributed by atoms with Crippen LogP contribution in [0, 0.1) is 0 Å². The number of rotatable bonds is 3. The molecule has 1 aliphatic rings. The number of aromatic nitrogens is 1. The van der Waals surface area contributed by atoms with Gasteiger partial charge in [-0.1, -0.05) is 29.3 Å². The molecule has 2 heterocycles. The summed E-state index contributed by atoms with van der Waals surface area (Å²) in [5, 5.41) is 20.3. The van der Waals surface area contributed by atoms with Crippen molar-refractivity contribution < 1.29 is 19.8 Å². The normalized spacial score (nSPS) is 15.9. The van der Waals surface area contributed by atoms with Gasteiger partial charge in [0.15, 0.2) is 0 Å². The SMILES string of the molecule is CC1NCCn2c(-c3ccc(Cl)c(Cl)c3)ccc21.O=C(O)C=CC(=O)O. The molecule has 0 saturated carbocycles. The van der Waals surface area contributed by atoms with Gasteiger partial charge in [-0.2, -0.15) is 0 Å². The van der Waals surface area contributed by atoms with Crippen LogP contribution >= 0.6 is 23.2 Å². The van der Waals surface area contributed by atoms with Crippen LogP contribution < -0.4 is 5.32 Å². The van der Waals surface area contributed by atoms with Gasteiger partial charge in [-0.25, -0.2) is 9.59 Å². The van der Waals surface area contributed by atoms with Gasteiger partial charge in [0.2, 0.25) is 0 Å². The summed E-state index contributed by atoms with van der Waals surface area (Å²) >= 11 is 12.0. The molecule has 0 spiro atoms. The third-order valence-corrected chi connectivity index (χ3v) is 4.57. The zero-order valence-corrected chi connectivity index (χ0v) is 15.5. The summed E-state index contributed by atoms with van der Waals surface area (Å²) in [6, 6.07) is 10.5. The number of carboxylic acid groups (broad SMARTS) is 2. The molecule has 1 aromatic heterocycles. The first kappa shape index (κ1) is 20.0. The molecule has 0 bridgehead atoms. The van der Waals surface area contributed by atoms with Gasteiger partial charge in [0.1, 0.15) is 0 Å². The monoisotopic (exact) mass is 396 g/mol. The number of nitrogens with one attached hydrogen (secondary N) is 1. The van der Waals surface area contributed by atoms with Gasteiger partial charge in [-0.15, -0.1) is 0 Å². The van der Waals surface area contributed by atoms with Gasteiger partial charge in [0, 0.05) is 42.7 Å². The number of carboxylic acids is 2. The van der Waals surface area contributed by atoms with Crippen LogP contribution in [0.2, 0.25) is 10.0 Å². The number of aliphatic carboxylic acids is 2. The van der Waals surface area contributed by atoms with Crippen molar-refractivity contribution in [2.45, 2.75) is 19.5 Å². The fourth-order valence-electron chi connectivity index (χ4n) is 2.66. The highest BCUT2D eigenvalue weighted by molar-refractivity contribution is 6.42. The van der Waals surface area contributed by atoms with Gasteiger partial charge in [0.05, 0.1) is 10.0 Å². The number of hydrogen-bond acceptors (Lipinski definition) is 3. The van der Waals surface area contributed by atoms with Gasteiger partial charge in [-0.3, -0.25) is 0 Å². The first-order valence-electron chi connectivity index (χ1n) is 7.81. The second-order valence-corrected chi connectivity index (χ2v) is 6.42. The maximum absolute atomic E-state index is 9.55. The zero-order chi connectivity index (χ0) is 19.3. The average Bonchev–Trinajstić information content (AvgIpc) is 3.02. The van der Waals surface area contributed by atoms with Crippen LogP contribution in [0.25, 0.3) is 11.3 Å². The molecule has 26 heavy (non-hydrogen) atoms. The molecule has 3 N–H and O–H groups in total. The van der Waals surface area contributed by atoms with E-state index in [2.05, 4.69) is 28.9 Å². The summed E-state index contributed by atoms with van der Waals surface area (Å²) < 4.78 is 2.35. The fraction of sp³-hybridized carbons (Fsp3) is 0.222. The average molecular weight is 397 g/mol.